The normalized spacial score (nSPS) is 9.81. The number of nitro benzene ring substituents is 1. The van der Waals surface area contributed by atoms with E-state index in [4.69, 9.17) is 4.74 Å². The Morgan fingerprint density at radius 2 is 2.06 bits per heavy atom. The molecule has 0 aromatic heterocycles. The van der Waals surface area contributed by atoms with Gasteiger partial charge in [0.05, 0.1) is 11.5 Å². The Morgan fingerprint density at radius 3 is 2.56 bits per heavy atom. The highest BCUT2D eigenvalue weighted by molar-refractivity contribution is 5.94. The summed E-state index contributed by atoms with van der Waals surface area (Å²) in [6.07, 6.45) is 0. The first-order valence-electron chi connectivity index (χ1n) is 4.66. The SMILES string of the molecule is COCCNC(=O)c1ccc([N+](=O)[O-])cc1. The Hall–Kier alpha value is -1.95. The van der Waals surface area contributed by atoms with Gasteiger partial charge in [-0.2, -0.15) is 0 Å². The van der Waals surface area contributed by atoms with Crippen LogP contribution in [0.15, 0.2) is 24.3 Å². The molecule has 0 aliphatic carbocycles. The second-order valence-electron chi connectivity index (χ2n) is 3.05. The maximum atomic E-state index is 11.5. The summed E-state index contributed by atoms with van der Waals surface area (Å²) < 4.78 is 4.77. The number of carbonyl (C=O) groups is 1. The number of rotatable bonds is 5. The van der Waals surface area contributed by atoms with Crippen LogP contribution in [-0.2, 0) is 4.74 Å². The van der Waals surface area contributed by atoms with Crippen molar-refractivity contribution >= 4 is 11.6 Å². The molecule has 0 saturated carbocycles. The molecule has 0 bridgehead atoms. The zero-order valence-corrected chi connectivity index (χ0v) is 8.80. The lowest BCUT2D eigenvalue weighted by Gasteiger charge is -2.03. The van der Waals surface area contributed by atoms with Gasteiger partial charge in [-0.05, 0) is 12.1 Å². The van der Waals surface area contributed by atoms with E-state index in [1.807, 2.05) is 0 Å². The number of nitro groups is 1. The Labute approximate surface area is 92.4 Å². The molecule has 0 aliphatic heterocycles. The lowest BCUT2D eigenvalue weighted by Crippen LogP contribution is -2.26. The first kappa shape index (κ1) is 12.1. The van der Waals surface area contributed by atoms with E-state index in [1.54, 1.807) is 0 Å². The van der Waals surface area contributed by atoms with Gasteiger partial charge < -0.3 is 10.1 Å². The van der Waals surface area contributed by atoms with Crippen LogP contribution >= 0.6 is 0 Å². The van der Waals surface area contributed by atoms with Gasteiger partial charge in [0.2, 0.25) is 0 Å². The maximum Gasteiger partial charge on any atom is 0.269 e. The van der Waals surface area contributed by atoms with Crippen molar-refractivity contribution in [3.8, 4) is 0 Å². The minimum absolute atomic E-state index is 0.0339. The predicted molar refractivity (Wildman–Crippen MR) is 57.3 cm³/mol. The van der Waals surface area contributed by atoms with E-state index in [-0.39, 0.29) is 11.6 Å². The van der Waals surface area contributed by atoms with Crippen LogP contribution in [0.2, 0.25) is 0 Å². The van der Waals surface area contributed by atoms with Crippen LogP contribution in [0.25, 0.3) is 0 Å². The molecule has 1 N–H and O–H groups in total. The largest absolute Gasteiger partial charge is 0.383 e. The van der Waals surface area contributed by atoms with Crippen molar-refractivity contribution in [3.05, 3.63) is 39.9 Å². The van der Waals surface area contributed by atoms with E-state index in [2.05, 4.69) is 5.32 Å². The van der Waals surface area contributed by atoms with Crippen LogP contribution in [0.1, 0.15) is 10.4 Å². The van der Waals surface area contributed by atoms with Gasteiger partial charge in [-0.3, -0.25) is 14.9 Å². The lowest BCUT2D eigenvalue weighted by atomic mass is 10.2. The van der Waals surface area contributed by atoms with Crippen molar-refractivity contribution < 1.29 is 14.5 Å². The van der Waals surface area contributed by atoms with Crippen LogP contribution < -0.4 is 5.32 Å². The number of ether oxygens (including phenoxy) is 1. The Morgan fingerprint density at radius 1 is 1.44 bits per heavy atom. The average molecular weight is 224 g/mol. The highest BCUT2D eigenvalue weighted by Gasteiger charge is 2.08. The monoisotopic (exact) mass is 224 g/mol. The number of benzene rings is 1. The van der Waals surface area contributed by atoms with Crippen molar-refractivity contribution in [1.82, 2.24) is 5.32 Å². The van der Waals surface area contributed by atoms with E-state index in [0.717, 1.165) is 0 Å². The summed E-state index contributed by atoms with van der Waals surface area (Å²) in [5.41, 5.74) is 0.357. The number of hydrogen-bond donors (Lipinski definition) is 1. The van der Waals surface area contributed by atoms with Crippen molar-refractivity contribution in [3.63, 3.8) is 0 Å². The quantitative estimate of drug-likeness (QED) is 0.459. The zero-order valence-electron chi connectivity index (χ0n) is 8.80. The molecule has 0 unspecified atom stereocenters. The van der Waals surface area contributed by atoms with Gasteiger partial charge in [-0.1, -0.05) is 0 Å². The molecule has 1 aromatic carbocycles. The van der Waals surface area contributed by atoms with Gasteiger partial charge >= 0.3 is 0 Å². The summed E-state index contributed by atoms with van der Waals surface area (Å²) in [6.45, 7) is 0.838. The molecule has 16 heavy (non-hydrogen) atoms. The van der Waals surface area contributed by atoms with Crippen LogP contribution in [0.4, 0.5) is 5.69 Å². The molecule has 0 fully saturated rings. The highest BCUT2D eigenvalue weighted by atomic mass is 16.6. The minimum atomic E-state index is -0.507. The second-order valence-corrected chi connectivity index (χ2v) is 3.05. The first-order valence-corrected chi connectivity index (χ1v) is 4.66. The van der Waals surface area contributed by atoms with Crippen molar-refractivity contribution in [1.29, 1.82) is 0 Å². The maximum absolute atomic E-state index is 11.5. The molecule has 0 saturated heterocycles. The first-order chi connectivity index (χ1) is 7.65. The molecule has 1 amide bonds. The third kappa shape index (κ3) is 3.32. The van der Waals surface area contributed by atoms with Gasteiger partial charge in [-0.15, -0.1) is 0 Å². The third-order valence-corrected chi connectivity index (χ3v) is 1.93. The van der Waals surface area contributed by atoms with E-state index in [0.29, 0.717) is 18.7 Å². The van der Waals surface area contributed by atoms with Crippen LogP contribution in [0.5, 0.6) is 0 Å². The summed E-state index contributed by atoms with van der Waals surface area (Å²) in [5.74, 6) is -0.271. The van der Waals surface area contributed by atoms with Crippen LogP contribution in [0, 0.1) is 10.1 Å². The summed E-state index contributed by atoms with van der Waals surface area (Å²) in [6, 6.07) is 5.43. The van der Waals surface area contributed by atoms with Gasteiger partial charge in [0.15, 0.2) is 0 Å². The van der Waals surface area contributed by atoms with E-state index in [9.17, 15) is 14.9 Å². The summed E-state index contributed by atoms with van der Waals surface area (Å²) in [4.78, 5) is 21.3. The third-order valence-electron chi connectivity index (χ3n) is 1.93. The van der Waals surface area contributed by atoms with Crippen LogP contribution in [0.3, 0.4) is 0 Å². The molecule has 86 valence electrons. The second kappa shape index (κ2) is 5.82. The van der Waals surface area contributed by atoms with Gasteiger partial charge in [-0.25, -0.2) is 0 Å². The molecule has 0 aliphatic rings. The molecule has 0 heterocycles. The number of methoxy groups -OCH3 is 1. The molecule has 1 aromatic rings. The number of carbonyl (C=O) groups excluding carboxylic acids is 1. The average Bonchev–Trinajstić information content (AvgIpc) is 2.29. The Bertz CT molecular complexity index is 375. The fraction of sp³-hybridized carbons (Fsp3) is 0.300. The molecule has 0 atom stereocenters. The zero-order chi connectivity index (χ0) is 12.0. The Balaban J connectivity index is 2.59. The lowest BCUT2D eigenvalue weighted by molar-refractivity contribution is -0.384. The molecular formula is C10H12N2O4. The van der Waals surface area contributed by atoms with Crippen molar-refractivity contribution in [2.24, 2.45) is 0 Å². The van der Waals surface area contributed by atoms with Gasteiger partial charge in [0.25, 0.3) is 11.6 Å². The standard InChI is InChI=1S/C10H12N2O4/c1-16-7-6-11-10(13)8-2-4-9(5-3-8)12(14)15/h2-5H,6-7H2,1H3,(H,11,13). The van der Waals surface area contributed by atoms with Crippen molar-refractivity contribution in [2.75, 3.05) is 20.3 Å². The van der Waals surface area contributed by atoms with Crippen LogP contribution in [-0.4, -0.2) is 31.1 Å². The van der Waals surface area contributed by atoms with Gasteiger partial charge in [0, 0.05) is 31.4 Å². The highest BCUT2D eigenvalue weighted by Crippen LogP contribution is 2.11. The molecule has 0 spiro atoms. The fourth-order valence-corrected chi connectivity index (χ4v) is 1.10. The summed E-state index contributed by atoms with van der Waals surface area (Å²) >= 11 is 0. The number of hydrogen-bond acceptors (Lipinski definition) is 4. The minimum Gasteiger partial charge on any atom is -0.383 e. The predicted octanol–water partition coefficient (Wildman–Crippen LogP) is 0.971. The molecule has 6 heteroatoms. The molecule has 0 radical (unpaired) electrons. The molecule has 6 nitrogen and oxygen atoms in total. The Kier molecular flexibility index (Phi) is 4.41. The number of non-ortho nitro benzene ring substituents is 1. The fourth-order valence-electron chi connectivity index (χ4n) is 1.10. The topological polar surface area (TPSA) is 81.5 Å². The number of nitrogens with zero attached hydrogens (tertiary/aromatic N) is 1. The molecule has 1 rings (SSSR count). The van der Waals surface area contributed by atoms with E-state index in [1.165, 1.54) is 31.4 Å². The van der Waals surface area contributed by atoms with E-state index >= 15 is 0 Å². The van der Waals surface area contributed by atoms with Gasteiger partial charge in [0.1, 0.15) is 0 Å². The summed E-state index contributed by atoms with van der Waals surface area (Å²) in [5, 5.41) is 13.0. The number of amides is 1. The summed E-state index contributed by atoms with van der Waals surface area (Å²) in [7, 11) is 1.54. The van der Waals surface area contributed by atoms with E-state index < -0.39 is 4.92 Å². The van der Waals surface area contributed by atoms with Crippen molar-refractivity contribution in [2.45, 2.75) is 0 Å². The number of nitrogens with one attached hydrogen (secondary N) is 1. The smallest absolute Gasteiger partial charge is 0.269 e. The molecular weight excluding hydrogens is 212 g/mol.